The van der Waals surface area contributed by atoms with E-state index in [1.165, 1.54) is 11.4 Å². The van der Waals surface area contributed by atoms with Gasteiger partial charge in [0.15, 0.2) is 11.5 Å². The molecule has 0 saturated carbocycles. The predicted octanol–water partition coefficient (Wildman–Crippen LogP) is 3.37. The quantitative estimate of drug-likeness (QED) is 0.533. The van der Waals surface area contributed by atoms with Gasteiger partial charge in [0.25, 0.3) is 0 Å². The van der Waals surface area contributed by atoms with Gasteiger partial charge in [0.1, 0.15) is 0 Å². The van der Waals surface area contributed by atoms with Gasteiger partial charge in [-0.25, -0.2) is 8.42 Å². The minimum Gasteiger partial charge on any atom is -0.493 e. The Morgan fingerprint density at radius 1 is 1.07 bits per heavy atom. The Kier molecular flexibility index (Phi) is 6.41. The molecule has 0 bridgehead atoms. The zero-order chi connectivity index (χ0) is 21.0. The topological polar surface area (TPSA) is 94.8 Å². The number of aromatic nitrogens is 2. The molecule has 1 aromatic heterocycles. The smallest absolute Gasteiger partial charge is 0.242 e. The summed E-state index contributed by atoms with van der Waals surface area (Å²) in [4.78, 5) is 4.32. The number of benzene rings is 2. The van der Waals surface area contributed by atoms with Gasteiger partial charge >= 0.3 is 0 Å². The van der Waals surface area contributed by atoms with Crippen LogP contribution in [0.5, 0.6) is 11.5 Å². The molecular formula is C19H20ClN3O5S. The van der Waals surface area contributed by atoms with Gasteiger partial charge in [0.2, 0.25) is 21.7 Å². The number of sulfonamides is 1. The number of nitrogens with zero attached hydrogens (tertiary/aromatic N) is 3. The zero-order valence-corrected chi connectivity index (χ0v) is 17.7. The van der Waals surface area contributed by atoms with Crippen LogP contribution < -0.4 is 9.47 Å². The lowest BCUT2D eigenvalue weighted by molar-refractivity contribution is 0.313. The van der Waals surface area contributed by atoms with Crippen molar-refractivity contribution in [2.75, 3.05) is 20.5 Å². The number of halogens is 1. The number of rotatable bonds is 8. The second-order valence-corrected chi connectivity index (χ2v) is 8.59. The van der Waals surface area contributed by atoms with Crippen molar-refractivity contribution in [2.24, 2.45) is 0 Å². The lowest BCUT2D eigenvalue weighted by Crippen LogP contribution is -2.29. The number of ether oxygens (including phenoxy) is 2. The van der Waals surface area contributed by atoms with Crippen LogP contribution in [-0.2, 0) is 23.1 Å². The molecule has 154 valence electrons. The highest BCUT2D eigenvalue weighted by molar-refractivity contribution is 7.88. The Balaban J connectivity index is 1.84. The molecule has 0 radical (unpaired) electrons. The minimum absolute atomic E-state index is 0.0790. The maximum Gasteiger partial charge on any atom is 0.242 e. The maximum absolute atomic E-state index is 12.2. The van der Waals surface area contributed by atoms with Gasteiger partial charge in [0, 0.05) is 17.1 Å². The van der Waals surface area contributed by atoms with Crippen molar-refractivity contribution in [2.45, 2.75) is 13.1 Å². The summed E-state index contributed by atoms with van der Waals surface area (Å²) in [5.41, 5.74) is 1.33. The molecule has 2 aromatic carbocycles. The third-order valence-corrected chi connectivity index (χ3v) is 5.76. The molecule has 3 aromatic rings. The van der Waals surface area contributed by atoms with E-state index in [2.05, 4.69) is 10.1 Å². The van der Waals surface area contributed by atoms with Crippen LogP contribution in [0.1, 0.15) is 11.5 Å². The summed E-state index contributed by atoms with van der Waals surface area (Å²) in [6.07, 6.45) is 1.12. The molecule has 0 aliphatic heterocycles. The second kappa shape index (κ2) is 8.81. The van der Waals surface area contributed by atoms with Crippen molar-refractivity contribution >= 4 is 21.6 Å². The standard InChI is InChI=1S/C19H20ClN3O5S/c1-26-16-9-8-13(10-17(16)27-2)19-21-18(28-22-19)12-23(29(3,24)25)11-14-6-4-5-7-15(14)20/h4-10H,11-12H2,1-3H3. The van der Waals surface area contributed by atoms with Crippen LogP contribution in [0, 0.1) is 0 Å². The van der Waals surface area contributed by atoms with E-state index < -0.39 is 10.0 Å². The summed E-state index contributed by atoms with van der Waals surface area (Å²) in [7, 11) is -0.469. The van der Waals surface area contributed by atoms with Gasteiger partial charge in [0.05, 0.1) is 27.0 Å². The van der Waals surface area contributed by atoms with Crippen LogP contribution in [0.3, 0.4) is 0 Å². The van der Waals surface area contributed by atoms with Crippen LogP contribution >= 0.6 is 11.6 Å². The van der Waals surface area contributed by atoms with Crippen molar-refractivity contribution in [3.8, 4) is 22.9 Å². The van der Waals surface area contributed by atoms with E-state index in [9.17, 15) is 8.42 Å². The molecule has 0 amide bonds. The van der Waals surface area contributed by atoms with Gasteiger partial charge in [-0.3, -0.25) is 0 Å². The van der Waals surface area contributed by atoms with Crippen LogP contribution in [0.4, 0.5) is 0 Å². The van der Waals surface area contributed by atoms with Crippen LogP contribution in [0.15, 0.2) is 47.0 Å². The van der Waals surface area contributed by atoms with Crippen LogP contribution in [0.25, 0.3) is 11.4 Å². The van der Waals surface area contributed by atoms with Gasteiger partial charge in [-0.05, 0) is 29.8 Å². The highest BCUT2D eigenvalue weighted by atomic mass is 35.5. The van der Waals surface area contributed by atoms with E-state index >= 15 is 0 Å². The normalized spacial score (nSPS) is 11.6. The molecule has 3 rings (SSSR count). The molecule has 10 heteroatoms. The molecule has 0 unspecified atom stereocenters. The summed E-state index contributed by atoms with van der Waals surface area (Å²) in [5.74, 6) is 1.57. The molecule has 1 heterocycles. The van der Waals surface area contributed by atoms with Gasteiger partial charge in [-0.15, -0.1) is 0 Å². The van der Waals surface area contributed by atoms with Gasteiger partial charge < -0.3 is 14.0 Å². The van der Waals surface area contributed by atoms with Crippen molar-refractivity contribution in [1.29, 1.82) is 0 Å². The molecule has 29 heavy (non-hydrogen) atoms. The Hall–Kier alpha value is -2.62. The molecule has 0 aliphatic carbocycles. The summed E-state index contributed by atoms with van der Waals surface area (Å²) >= 11 is 6.16. The van der Waals surface area contributed by atoms with E-state index in [4.69, 9.17) is 25.6 Å². The largest absolute Gasteiger partial charge is 0.493 e. The third-order valence-electron chi connectivity index (χ3n) is 4.19. The summed E-state index contributed by atoms with van der Waals surface area (Å²) in [6.45, 7) is 0.0108. The lowest BCUT2D eigenvalue weighted by Gasteiger charge is -2.18. The second-order valence-electron chi connectivity index (χ2n) is 6.20. The monoisotopic (exact) mass is 437 g/mol. The van der Waals surface area contributed by atoms with Crippen LogP contribution in [-0.4, -0.2) is 43.3 Å². The molecule has 0 aliphatic rings. The zero-order valence-electron chi connectivity index (χ0n) is 16.1. The molecule has 0 spiro atoms. The first-order chi connectivity index (χ1) is 13.8. The Morgan fingerprint density at radius 2 is 1.79 bits per heavy atom. The highest BCUT2D eigenvalue weighted by Crippen LogP contribution is 2.31. The van der Waals surface area contributed by atoms with Crippen molar-refractivity contribution < 1.29 is 22.4 Å². The fraction of sp³-hybridized carbons (Fsp3) is 0.263. The number of hydrogen-bond acceptors (Lipinski definition) is 7. The summed E-state index contributed by atoms with van der Waals surface area (Å²) in [6, 6.07) is 12.3. The first-order valence-corrected chi connectivity index (χ1v) is 10.8. The number of methoxy groups -OCH3 is 2. The van der Waals surface area contributed by atoms with Gasteiger partial charge in [-0.1, -0.05) is 35.0 Å². The molecule has 0 saturated heterocycles. The predicted molar refractivity (Wildman–Crippen MR) is 108 cm³/mol. The fourth-order valence-electron chi connectivity index (χ4n) is 2.67. The average molecular weight is 438 g/mol. The maximum atomic E-state index is 12.2. The lowest BCUT2D eigenvalue weighted by atomic mass is 10.2. The first kappa shape index (κ1) is 21.1. The molecule has 8 nitrogen and oxygen atoms in total. The third kappa shape index (κ3) is 5.06. The summed E-state index contributed by atoms with van der Waals surface area (Å²) in [5, 5.41) is 4.43. The molecular weight excluding hydrogens is 418 g/mol. The first-order valence-electron chi connectivity index (χ1n) is 8.55. The van der Waals surface area contributed by atoms with E-state index in [1.54, 1.807) is 49.6 Å². The van der Waals surface area contributed by atoms with Gasteiger partial charge in [-0.2, -0.15) is 9.29 Å². The molecule has 0 fully saturated rings. The minimum atomic E-state index is -3.54. The Labute approximate surface area is 174 Å². The SMILES string of the molecule is COc1ccc(-c2noc(CN(Cc3ccccc3Cl)S(C)(=O)=O)n2)cc1OC. The fourth-order valence-corrected chi connectivity index (χ4v) is 3.58. The highest BCUT2D eigenvalue weighted by Gasteiger charge is 2.22. The van der Waals surface area contributed by atoms with Crippen molar-refractivity contribution in [3.63, 3.8) is 0 Å². The summed E-state index contributed by atoms with van der Waals surface area (Å²) < 4.78 is 41.5. The Morgan fingerprint density at radius 3 is 2.45 bits per heavy atom. The van der Waals surface area contributed by atoms with E-state index in [1.807, 2.05) is 0 Å². The van der Waals surface area contributed by atoms with Crippen LogP contribution in [0.2, 0.25) is 5.02 Å². The molecule has 0 N–H and O–H groups in total. The van der Waals surface area contributed by atoms with E-state index in [-0.39, 0.29) is 19.0 Å². The average Bonchev–Trinajstić information content (AvgIpc) is 3.16. The Bertz CT molecular complexity index is 1100. The van der Waals surface area contributed by atoms with Crippen molar-refractivity contribution in [3.05, 3.63) is 58.9 Å². The van der Waals surface area contributed by atoms with E-state index in [0.29, 0.717) is 33.5 Å². The van der Waals surface area contributed by atoms with Crippen molar-refractivity contribution in [1.82, 2.24) is 14.4 Å². The van der Waals surface area contributed by atoms with E-state index in [0.717, 1.165) is 6.26 Å². The molecule has 0 atom stereocenters. The number of hydrogen-bond donors (Lipinski definition) is 0.